The molecule has 0 saturated heterocycles. The van der Waals surface area contributed by atoms with Crippen molar-refractivity contribution in [3.8, 4) is 0 Å². The molecule has 0 saturated carbocycles. The molecule has 0 aliphatic carbocycles. The van der Waals surface area contributed by atoms with E-state index in [1.165, 1.54) is 6.33 Å². The SMILES string of the molecule is CC.Cc1cc(C(C)(C)O)ncn1. The highest BCUT2D eigenvalue weighted by Crippen LogP contribution is 2.16. The molecule has 0 radical (unpaired) electrons. The van der Waals surface area contributed by atoms with Crippen LogP contribution in [-0.2, 0) is 5.60 Å². The van der Waals surface area contributed by atoms with Crippen LogP contribution in [0.3, 0.4) is 0 Å². The number of hydrogen-bond acceptors (Lipinski definition) is 3. The molecule has 3 nitrogen and oxygen atoms in total. The van der Waals surface area contributed by atoms with Crippen LogP contribution < -0.4 is 0 Å². The van der Waals surface area contributed by atoms with Gasteiger partial charge in [-0.3, -0.25) is 0 Å². The van der Waals surface area contributed by atoms with Crippen LogP contribution >= 0.6 is 0 Å². The topological polar surface area (TPSA) is 46.0 Å². The molecule has 0 fully saturated rings. The highest BCUT2D eigenvalue weighted by molar-refractivity contribution is 5.12. The molecule has 3 heteroatoms. The van der Waals surface area contributed by atoms with Gasteiger partial charge in [0.15, 0.2) is 0 Å². The summed E-state index contributed by atoms with van der Waals surface area (Å²) in [5.74, 6) is 0. The molecule has 0 atom stereocenters. The van der Waals surface area contributed by atoms with Gasteiger partial charge in [0, 0.05) is 5.69 Å². The maximum Gasteiger partial charge on any atom is 0.116 e. The van der Waals surface area contributed by atoms with Crippen molar-refractivity contribution in [2.45, 2.75) is 40.2 Å². The second-order valence-corrected chi connectivity index (χ2v) is 3.10. The first-order valence-corrected chi connectivity index (χ1v) is 4.51. The van der Waals surface area contributed by atoms with E-state index in [1.807, 2.05) is 20.8 Å². The highest BCUT2D eigenvalue weighted by atomic mass is 16.3. The molecule has 0 aliphatic rings. The summed E-state index contributed by atoms with van der Waals surface area (Å²) in [7, 11) is 0. The third-order valence-electron chi connectivity index (χ3n) is 1.43. The third kappa shape index (κ3) is 3.99. The number of aromatic nitrogens is 2. The number of aliphatic hydroxyl groups is 1. The van der Waals surface area contributed by atoms with E-state index in [4.69, 9.17) is 0 Å². The molecular formula is C10H18N2O. The minimum Gasteiger partial charge on any atom is -0.384 e. The Labute approximate surface area is 79.9 Å². The van der Waals surface area contributed by atoms with Crippen LogP contribution in [0, 0.1) is 6.92 Å². The van der Waals surface area contributed by atoms with Crippen molar-refractivity contribution in [1.29, 1.82) is 0 Å². The molecule has 1 aromatic rings. The molecule has 1 aromatic heterocycles. The Kier molecular flexibility index (Phi) is 4.56. The normalized spacial score (nSPS) is 10.3. The molecule has 0 aromatic carbocycles. The van der Waals surface area contributed by atoms with Crippen molar-refractivity contribution in [2.75, 3.05) is 0 Å². The van der Waals surface area contributed by atoms with Crippen molar-refractivity contribution in [3.05, 3.63) is 23.8 Å². The van der Waals surface area contributed by atoms with Gasteiger partial charge in [-0.25, -0.2) is 9.97 Å². The van der Waals surface area contributed by atoms with Gasteiger partial charge in [-0.15, -0.1) is 0 Å². The van der Waals surface area contributed by atoms with E-state index in [-0.39, 0.29) is 0 Å². The van der Waals surface area contributed by atoms with Crippen molar-refractivity contribution < 1.29 is 5.11 Å². The number of rotatable bonds is 1. The predicted octanol–water partition coefficient (Wildman–Crippen LogP) is 2.04. The summed E-state index contributed by atoms with van der Waals surface area (Å²) in [5.41, 5.74) is 0.662. The van der Waals surface area contributed by atoms with E-state index < -0.39 is 5.60 Å². The second kappa shape index (κ2) is 4.92. The smallest absolute Gasteiger partial charge is 0.116 e. The highest BCUT2D eigenvalue weighted by Gasteiger charge is 2.17. The average Bonchev–Trinajstić information content (AvgIpc) is 2.06. The van der Waals surface area contributed by atoms with Gasteiger partial charge in [-0.05, 0) is 26.8 Å². The zero-order valence-corrected chi connectivity index (χ0v) is 9.00. The van der Waals surface area contributed by atoms with Crippen molar-refractivity contribution in [1.82, 2.24) is 9.97 Å². The predicted molar refractivity (Wildman–Crippen MR) is 53.4 cm³/mol. The van der Waals surface area contributed by atoms with Crippen molar-refractivity contribution in [3.63, 3.8) is 0 Å². The molecule has 0 unspecified atom stereocenters. The first-order chi connectivity index (χ1) is 6.00. The number of nitrogens with zero attached hydrogens (tertiary/aromatic N) is 2. The molecular weight excluding hydrogens is 164 g/mol. The largest absolute Gasteiger partial charge is 0.384 e. The number of hydrogen-bond donors (Lipinski definition) is 1. The summed E-state index contributed by atoms with van der Waals surface area (Å²) < 4.78 is 0. The molecule has 1 rings (SSSR count). The van der Waals surface area contributed by atoms with Gasteiger partial charge in [0.05, 0.1) is 5.69 Å². The minimum absolute atomic E-state index is 0.657. The first kappa shape index (κ1) is 12.0. The van der Waals surface area contributed by atoms with Gasteiger partial charge in [-0.1, -0.05) is 13.8 Å². The molecule has 74 valence electrons. The zero-order valence-electron chi connectivity index (χ0n) is 9.00. The van der Waals surface area contributed by atoms with E-state index in [1.54, 1.807) is 19.9 Å². The molecule has 0 amide bonds. The standard InChI is InChI=1S/C8H12N2O.C2H6/c1-6-4-7(8(2,3)11)10-5-9-6;1-2/h4-5,11H,1-3H3;1-2H3. The molecule has 0 aliphatic heterocycles. The molecule has 0 spiro atoms. The first-order valence-electron chi connectivity index (χ1n) is 4.51. The van der Waals surface area contributed by atoms with Gasteiger partial charge in [0.25, 0.3) is 0 Å². The van der Waals surface area contributed by atoms with Gasteiger partial charge in [0.2, 0.25) is 0 Å². The lowest BCUT2D eigenvalue weighted by atomic mass is 10.1. The summed E-state index contributed by atoms with van der Waals surface area (Å²) in [5, 5.41) is 9.52. The molecule has 1 heterocycles. The van der Waals surface area contributed by atoms with Crippen LogP contribution in [0.4, 0.5) is 0 Å². The third-order valence-corrected chi connectivity index (χ3v) is 1.43. The summed E-state index contributed by atoms with van der Waals surface area (Å²) in [6.45, 7) is 9.28. The molecule has 1 N–H and O–H groups in total. The van der Waals surface area contributed by atoms with Gasteiger partial charge in [-0.2, -0.15) is 0 Å². The summed E-state index contributed by atoms with van der Waals surface area (Å²) >= 11 is 0. The van der Waals surface area contributed by atoms with Crippen LogP contribution in [0.1, 0.15) is 39.1 Å². The van der Waals surface area contributed by atoms with Gasteiger partial charge >= 0.3 is 0 Å². The van der Waals surface area contributed by atoms with Crippen molar-refractivity contribution >= 4 is 0 Å². The van der Waals surface area contributed by atoms with E-state index in [2.05, 4.69) is 9.97 Å². The van der Waals surface area contributed by atoms with Gasteiger partial charge in [0.1, 0.15) is 11.9 Å². The Morgan fingerprint density at radius 2 is 1.77 bits per heavy atom. The maximum atomic E-state index is 9.52. The Balaban J connectivity index is 0.000000671. The monoisotopic (exact) mass is 182 g/mol. The fourth-order valence-corrected chi connectivity index (χ4v) is 0.789. The van der Waals surface area contributed by atoms with Crippen LogP contribution in [0.25, 0.3) is 0 Å². The quantitative estimate of drug-likeness (QED) is 0.723. The fraction of sp³-hybridized carbons (Fsp3) is 0.600. The Morgan fingerprint density at radius 1 is 1.23 bits per heavy atom. The van der Waals surface area contributed by atoms with Crippen LogP contribution in [0.15, 0.2) is 12.4 Å². The number of aryl methyl sites for hydroxylation is 1. The minimum atomic E-state index is -0.867. The van der Waals surface area contributed by atoms with Gasteiger partial charge < -0.3 is 5.11 Å². The summed E-state index contributed by atoms with van der Waals surface area (Å²) in [6.07, 6.45) is 1.46. The van der Waals surface area contributed by atoms with E-state index in [0.717, 1.165) is 5.69 Å². The molecule has 13 heavy (non-hydrogen) atoms. The second-order valence-electron chi connectivity index (χ2n) is 3.10. The van der Waals surface area contributed by atoms with Crippen LogP contribution in [-0.4, -0.2) is 15.1 Å². The van der Waals surface area contributed by atoms with Crippen molar-refractivity contribution in [2.24, 2.45) is 0 Å². The fourth-order valence-electron chi connectivity index (χ4n) is 0.789. The summed E-state index contributed by atoms with van der Waals surface area (Å²) in [4.78, 5) is 7.88. The van der Waals surface area contributed by atoms with Crippen LogP contribution in [0.2, 0.25) is 0 Å². The van der Waals surface area contributed by atoms with Crippen LogP contribution in [0.5, 0.6) is 0 Å². The lowest BCUT2D eigenvalue weighted by molar-refractivity contribution is 0.0736. The Bertz CT molecular complexity index is 253. The Hall–Kier alpha value is -0.960. The molecule has 0 bridgehead atoms. The van der Waals surface area contributed by atoms with E-state index in [0.29, 0.717) is 5.69 Å². The van der Waals surface area contributed by atoms with E-state index in [9.17, 15) is 5.11 Å². The maximum absolute atomic E-state index is 9.52. The summed E-state index contributed by atoms with van der Waals surface area (Å²) in [6, 6.07) is 1.78. The Morgan fingerprint density at radius 3 is 2.08 bits per heavy atom. The van der Waals surface area contributed by atoms with E-state index >= 15 is 0 Å². The lowest BCUT2D eigenvalue weighted by Gasteiger charge is -2.15. The average molecular weight is 182 g/mol. The lowest BCUT2D eigenvalue weighted by Crippen LogP contribution is -2.17. The zero-order chi connectivity index (χ0) is 10.5.